The van der Waals surface area contributed by atoms with E-state index >= 15 is 0 Å². The Hall–Kier alpha value is -4.47. The van der Waals surface area contributed by atoms with Gasteiger partial charge in [0, 0.05) is 5.69 Å². The number of aromatic nitrogens is 6. The molecule has 0 aliphatic carbocycles. The summed E-state index contributed by atoms with van der Waals surface area (Å²) in [4.78, 5) is 34.2. The first-order valence-corrected chi connectivity index (χ1v) is 11.6. The SMILES string of the molecule is CC.CCC(Nc1ncnc2nc[nH]c12)c1nc2cccc(N)c2c(=O)n1Nc1ccc(C)cc1. The molecule has 0 saturated heterocycles. The van der Waals surface area contributed by atoms with Crippen molar-refractivity contribution in [3.63, 3.8) is 0 Å². The highest BCUT2D eigenvalue weighted by atomic mass is 16.1. The monoisotopic (exact) mass is 471 g/mol. The third kappa shape index (κ3) is 4.63. The number of anilines is 3. The van der Waals surface area contributed by atoms with Gasteiger partial charge in [0.25, 0.3) is 5.56 Å². The highest BCUT2D eigenvalue weighted by molar-refractivity contribution is 5.89. The predicted octanol–water partition coefficient (Wildman–Crippen LogP) is 4.42. The highest BCUT2D eigenvalue weighted by Gasteiger charge is 2.22. The van der Waals surface area contributed by atoms with E-state index in [1.165, 1.54) is 11.0 Å². The first-order chi connectivity index (χ1) is 17.0. The number of imidazole rings is 1. The van der Waals surface area contributed by atoms with Crippen LogP contribution in [-0.2, 0) is 0 Å². The maximum Gasteiger partial charge on any atom is 0.282 e. The molecule has 5 aromatic rings. The van der Waals surface area contributed by atoms with Gasteiger partial charge < -0.3 is 16.0 Å². The predicted molar refractivity (Wildman–Crippen MR) is 140 cm³/mol. The fourth-order valence-corrected chi connectivity index (χ4v) is 3.76. The number of nitrogen functional groups attached to an aromatic ring is 1. The van der Waals surface area contributed by atoms with Crippen LogP contribution in [0.2, 0.25) is 0 Å². The quantitative estimate of drug-likeness (QED) is 0.267. The molecule has 0 radical (unpaired) electrons. The summed E-state index contributed by atoms with van der Waals surface area (Å²) in [5.41, 5.74) is 13.1. The third-order valence-corrected chi connectivity index (χ3v) is 5.50. The summed E-state index contributed by atoms with van der Waals surface area (Å²) in [6.07, 6.45) is 3.65. The molecule has 0 bridgehead atoms. The Morgan fingerprint density at radius 3 is 2.60 bits per heavy atom. The Morgan fingerprint density at radius 1 is 1.09 bits per heavy atom. The molecule has 3 heterocycles. The van der Waals surface area contributed by atoms with Gasteiger partial charge in [-0.2, -0.15) is 0 Å². The van der Waals surface area contributed by atoms with Crippen molar-refractivity contribution in [3.8, 4) is 0 Å². The highest BCUT2D eigenvalue weighted by Crippen LogP contribution is 2.25. The molecule has 1 atom stereocenters. The Morgan fingerprint density at radius 2 is 1.86 bits per heavy atom. The van der Waals surface area contributed by atoms with Gasteiger partial charge >= 0.3 is 0 Å². The van der Waals surface area contributed by atoms with Gasteiger partial charge in [-0.3, -0.25) is 10.2 Å². The minimum Gasteiger partial charge on any atom is -0.398 e. The van der Waals surface area contributed by atoms with Gasteiger partial charge in [0.05, 0.1) is 29.0 Å². The number of nitrogens with zero attached hydrogens (tertiary/aromatic N) is 5. The molecule has 5 N–H and O–H groups in total. The number of aromatic amines is 1. The van der Waals surface area contributed by atoms with Crippen molar-refractivity contribution >= 4 is 39.3 Å². The number of nitrogens with one attached hydrogen (secondary N) is 3. The van der Waals surface area contributed by atoms with Gasteiger partial charge in [-0.05, 0) is 37.6 Å². The van der Waals surface area contributed by atoms with Crippen LogP contribution in [0.5, 0.6) is 0 Å². The number of benzene rings is 2. The second-order valence-corrected chi connectivity index (χ2v) is 7.76. The average Bonchev–Trinajstić information content (AvgIpc) is 3.36. The van der Waals surface area contributed by atoms with E-state index in [0.29, 0.717) is 45.8 Å². The van der Waals surface area contributed by atoms with Crippen molar-refractivity contribution in [2.45, 2.75) is 40.2 Å². The number of hydrogen-bond acceptors (Lipinski definition) is 8. The summed E-state index contributed by atoms with van der Waals surface area (Å²) >= 11 is 0. The number of nitrogens with two attached hydrogens (primary N) is 1. The minimum absolute atomic E-state index is 0.275. The van der Waals surface area contributed by atoms with Crippen molar-refractivity contribution in [1.82, 2.24) is 29.6 Å². The van der Waals surface area contributed by atoms with E-state index in [-0.39, 0.29) is 11.6 Å². The molecule has 10 heteroatoms. The molecular weight excluding hydrogens is 442 g/mol. The maximum atomic E-state index is 13.6. The van der Waals surface area contributed by atoms with Crippen molar-refractivity contribution < 1.29 is 0 Å². The largest absolute Gasteiger partial charge is 0.398 e. The first-order valence-electron chi connectivity index (χ1n) is 11.6. The Kier molecular flexibility index (Phi) is 6.91. The number of H-pyrrole nitrogens is 1. The minimum atomic E-state index is -0.345. The molecule has 0 saturated carbocycles. The maximum absolute atomic E-state index is 13.6. The summed E-state index contributed by atoms with van der Waals surface area (Å²) in [6, 6.07) is 12.7. The molecule has 3 aromatic heterocycles. The molecule has 0 aliphatic heterocycles. The number of hydrogen-bond donors (Lipinski definition) is 4. The van der Waals surface area contributed by atoms with Gasteiger partial charge in [-0.15, -0.1) is 0 Å². The Labute approximate surface area is 202 Å². The van der Waals surface area contributed by atoms with Crippen molar-refractivity contribution in [3.05, 3.63) is 76.9 Å². The summed E-state index contributed by atoms with van der Waals surface area (Å²) in [5.74, 6) is 1.08. The van der Waals surface area contributed by atoms with E-state index in [1.54, 1.807) is 24.5 Å². The topological polar surface area (TPSA) is 139 Å². The number of rotatable bonds is 6. The molecule has 0 amide bonds. The number of aryl methyl sites for hydroxylation is 1. The van der Waals surface area contributed by atoms with E-state index in [9.17, 15) is 4.79 Å². The molecular formula is C25H29N9O. The summed E-state index contributed by atoms with van der Waals surface area (Å²) in [5, 5.41) is 3.77. The molecule has 35 heavy (non-hydrogen) atoms. The molecule has 2 aromatic carbocycles. The summed E-state index contributed by atoms with van der Waals surface area (Å²) in [6.45, 7) is 8.02. The Balaban J connectivity index is 0.00000141. The van der Waals surface area contributed by atoms with Crippen LogP contribution < -0.4 is 22.0 Å². The molecule has 0 aliphatic rings. The van der Waals surface area contributed by atoms with E-state index in [1.807, 2.05) is 52.0 Å². The standard InChI is InChI=1S/C23H23N9O.C2H6/c1-3-16(29-21-19-20(26-11-25-19)27-12-28-21)22-30-17-6-4-5-15(24)18(17)23(33)32(22)31-14-9-7-13(2)8-10-14;1-2/h4-12,16,31H,3,24H2,1-2H3,(H2,25,26,27,28,29);1-2H3. The van der Waals surface area contributed by atoms with Gasteiger partial charge in [0.2, 0.25) is 0 Å². The second-order valence-electron chi connectivity index (χ2n) is 7.76. The Bertz CT molecular complexity index is 1510. The van der Waals surface area contributed by atoms with Crippen LogP contribution in [0.3, 0.4) is 0 Å². The van der Waals surface area contributed by atoms with E-state index < -0.39 is 0 Å². The second kappa shape index (κ2) is 10.2. The van der Waals surface area contributed by atoms with Crippen LogP contribution in [0.1, 0.15) is 44.6 Å². The lowest BCUT2D eigenvalue weighted by Gasteiger charge is -2.23. The van der Waals surface area contributed by atoms with Crippen molar-refractivity contribution in [1.29, 1.82) is 0 Å². The molecule has 0 spiro atoms. The van der Waals surface area contributed by atoms with Crippen LogP contribution in [-0.4, -0.2) is 29.6 Å². The fourth-order valence-electron chi connectivity index (χ4n) is 3.76. The van der Waals surface area contributed by atoms with Gasteiger partial charge in [0.15, 0.2) is 17.3 Å². The zero-order valence-electron chi connectivity index (χ0n) is 20.2. The van der Waals surface area contributed by atoms with Gasteiger partial charge in [-0.25, -0.2) is 24.6 Å². The fraction of sp³-hybridized carbons (Fsp3) is 0.240. The van der Waals surface area contributed by atoms with Gasteiger partial charge in [0.1, 0.15) is 11.8 Å². The van der Waals surface area contributed by atoms with E-state index in [4.69, 9.17) is 10.7 Å². The van der Waals surface area contributed by atoms with Crippen molar-refractivity contribution in [2.75, 3.05) is 16.5 Å². The molecule has 10 nitrogen and oxygen atoms in total. The van der Waals surface area contributed by atoms with Gasteiger partial charge in [-0.1, -0.05) is 44.5 Å². The molecule has 180 valence electrons. The van der Waals surface area contributed by atoms with Crippen LogP contribution in [0.25, 0.3) is 22.1 Å². The zero-order valence-corrected chi connectivity index (χ0v) is 20.2. The van der Waals surface area contributed by atoms with Crippen LogP contribution in [0, 0.1) is 6.92 Å². The lowest BCUT2D eigenvalue weighted by atomic mass is 10.1. The lowest BCUT2D eigenvalue weighted by molar-refractivity contribution is 0.641. The molecule has 0 fully saturated rings. The molecule has 5 rings (SSSR count). The first kappa shape index (κ1) is 23.7. The zero-order chi connectivity index (χ0) is 24.9. The smallest absolute Gasteiger partial charge is 0.282 e. The van der Waals surface area contributed by atoms with Crippen LogP contribution in [0.15, 0.2) is 59.9 Å². The summed E-state index contributed by atoms with van der Waals surface area (Å²) in [7, 11) is 0. The van der Waals surface area contributed by atoms with E-state index in [0.717, 1.165) is 11.3 Å². The third-order valence-electron chi connectivity index (χ3n) is 5.50. The average molecular weight is 472 g/mol. The van der Waals surface area contributed by atoms with Crippen molar-refractivity contribution in [2.24, 2.45) is 0 Å². The van der Waals surface area contributed by atoms with Crippen LogP contribution >= 0.6 is 0 Å². The molecule has 1 unspecified atom stereocenters. The van der Waals surface area contributed by atoms with Crippen LogP contribution in [0.4, 0.5) is 17.2 Å². The number of fused-ring (bicyclic) bond motifs is 2. The summed E-state index contributed by atoms with van der Waals surface area (Å²) < 4.78 is 1.45. The normalized spacial score (nSPS) is 11.7. The lowest BCUT2D eigenvalue weighted by Crippen LogP contribution is -2.34. The van der Waals surface area contributed by atoms with E-state index in [2.05, 4.69) is 30.7 Å².